The van der Waals surface area contributed by atoms with Crippen LogP contribution < -0.4 is 28.2 Å². The number of carbonyl (C=O) groups excluding carboxylic acids is 1. The summed E-state index contributed by atoms with van der Waals surface area (Å²) in [5.41, 5.74) is 1.49. The molecule has 4 rings (SSSR count). The number of fused-ring (bicyclic) bond motifs is 1. The Hall–Kier alpha value is -3.12. The van der Waals surface area contributed by atoms with Crippen molar-refractivity contribution < 1.29 is 37.7 Å². The number of rotatable bonds is 8. The van der Waals surface area contributed by atoms with Gasteiger partial charge in [-0.2, -0.15) is 0 Å². The molecule has 0 radical (unpaired) electrons. The Morgan fingerprint density at radius 3 is 2.22 bits per heavy atom. The number of ether oxygens (including phenoxy) is 6. The molecule has 1 saturated heterocycles. The zero-order chi connectivity index (χ0) is 22.8. The monoisotopic (exact) mass is 460 g/mol. The highest BCUT2D eigenvalue weighted by Crippen LogP contribution is 2.51. The fourth-order valence-corrected chi connectivity index (χ4v) is 4.50. The highest BCUT2D eigenvalue weighted by Gasteiger charge is 2.44. The first-order valence-corrected chi connectivity index (χ1v) is 10.4. The normalized spacial score (nSPS) is 19.8. The molecule has 2 heterocycles. The second kappa shape index (κ2) is 9.17. The van der Waals surface area contributed by atoms with Gasteiger partial charge in [0.1, 0.15) is 5.75 Å². The van der Waals surface area contributed by atoms with Gasteiger partial charge in [-0.1, -0.05) is 6.08 Å². The molecule has 2 aliphatic heterocycles. The molecule has 9 heteroatoms. The topological polar surface area (TPSA) is 81.7 Å². The number of methoxy groups -OCH3 is 3. The van der Waals surface area contributed by atoms with Gasteiger partial charge in [-0.3, -0.25) is 4.79 Å². The summed E-state index contributed by atoms with van der Waals surface area (Å²) in [6.07, 6.45) is 1.74. The maximum atomic E-state index is 12.9. The third-order valence-electron chi connectivity index (χ3n) is 5.83. The smallest absolute Gasteiger partial charge is 0.310 e. The fraction of sp³-hybridized carbons (Fsp3) is 0.348. The number of cyclic esters (lactones) is 1. The van der Waals surface area contributed by atoms with Gasteiger partial charge in [0.05, 0.1) is 43.3 Å². The van der Waals surface area contributed by atoms with Crippen LogP contribution in [0.4, 0.5) is 0 Å². The van der Waals surface area contributed by atoms with Gasteiger partial charge in [-0.15, -0.1) is 6.58 Å². The molecule has 0 saturated carbocycles. The van der Waals surface area contributed by atoms with Gasteiger partial charge < -0.3 is 32.9 Å². The minimum absolute atomic E-state index is 0.116. The van der Waals surface area contributed by atoms with Gasteiger partial charge in [0.25, 0.3) is 0 Å². The average Bonchev–Trinajstić information content (AvgIpc) is 3.43. The zero-order valence-electron chi connectivity index (χ0n) is 18.1. The molecule has 0 amide bonds. The lowest BCUT2D eigenvalue weighted by molar-refractivity contribution is -0.141. The zero-order valence-corrected chi connectivity index (χ0v) is 19.2. The third-order valence-corrected chi connectivity index (χ3v) is 6.08. The molecule has 1 fully saturated rings. The van der Waals surface area contributed by atoms with Crippen LogP contribution in [0, 0.1) is 11.8 Å². The van der Waals surface area contributed by atoms with Crippen LogP contribution in [-0.4, -0.2) is 40.7 Å². The average molecular weight is 460 g/mol. The lowest BCUT2D eigenvalue weighted by Gasteiger charge is -2.27. The number of hydrogen-bond donors (Lipinski definition) is 0. The summed E-state index contributed by atoms with van der Waals surface area (Å²) >= 11 is 0. The van der Waals surface area contributed by atoms with Crippen LogP contribution in [0.3, 0.4) is 0 Å². The second-order valence-corrected chi connectivity index (χ2v) is 7.59. The molecular formula is C23H25O8P. The molecule has 4 atom stereocenters. The quantitative estimate of drug-likeness (QED) is 0.335. The van der Waals surface area contributed by atoms with Crippen LogP contribution in [0.2, 0.25) is 0 Å². The molecule has 32 heavy (non-hydrogen) atoms. The predicted molar refractivity (Wildman–Crippen MR) is 119 cm³/mol. The van der Waals surface area contributed by atoms with Gasteiger partial charge in [-0.25, -0.2) is 0 Å². The van der Waals surface area contributed by atoms with Crippen molar-refractivity contribution in [3.8, 4) is 34.5 Å². The SMILES string of the molecule is C=C[C@H]1COC(=O)C1C(c1cc(OC)c(OC)c(OC)c1)c1cc2c(cc1OP)OCO2. The Kier molecular flexibility index (Phi) is 6.33. The number of hydrogen-bond acceptors (Lipinski definition) is 8. The molecule has 3 unspecified atom stereocenters. The van der Waals surface area contributed by atoms with Crippen molar-refractivity contribution >= 4 is 15.4 Å². The Labute approximate surface area is 188 Å². The summed E-state index contributed by atoms with van der Waals surface area (Å²) < 4.78 is 38.7. The predicted octanol–water partition coefficient (Wildman–Crippen LogP) is 3.72. The summed E-state index contributed by atoms with van der Waals surface area (Å²) in [6, 6.07) is 7.24. The summed E-state index contributed by atoms with van der Waals surface area (Å²) in [6.45, 7) is 4.29. The van der Waals surface area contributed by atoms with E-state index in [1.54, 1.807) is 26.4 Å². The van der Waals surface area contributed by atoms with Crippen molar-refractivity contribution in [1.29, 1.82) is 0 Å². The second-order valence-electron chi connectivity index (χ2n) is 7.35. The maximum Gasteiger partial charge on any atom is 0.310 e. The molecule has 2 aromatic carbocycles. The minimum Gasteiger partial charge on any atom is -0.493 e. The number of carbonyl (C=O) groups is 1. The largest absolute Gasteiger partial charge is 0.493 e. The molecule has 0 N–H and O–H groups in total. The van der Waals surface area contributed by atoms with Crippen molar-refractivity contribution in [2.24, 2.45) is 11.8 Å². The van der Waals surface area contributed by atoms with Gasteiger partial charge in [-0.05, 0) is 23.8 Å². The van der Waals surface area contributed by atoms with Crippen molar-refractivity contribution in [2.45, 2.75) is 5.92 Å². The molecule has 0 spiro atoms. The lowest BCUT2D eigenvalue weighted by atomic mass is 9.75. The lowest BCUT2D eigenvalue weighted by Crippen LogP contribution is -2.24. The molecule has 2 aromatic rings. The van der Waals surface area contributed by atoms with Gasteiger partial charge in [0.15, 0.2) is 23.0 Å². The number of benzene rings is 2. The van der Waals surface area contributed by atoms with E-state index in [-0.39, 0.29) is 25.3 Å². The van der Waals surface area contributed by atoms with Crippen molar-refractivity contribution in [2.75, 3.05) is 34.7 Å². The van der Waals surface area contributed by atoms with Gasteiger partial charge in [0.2, 0.25) is 12.5 Å². The van der Waals surface area contributed by atoms with E-state index in [9.17, 15) is 4.79 Å². The Morgan fingerprint density at radius 1 is 1.00 bits per heavy atom. The van der Waals surface area contributed by atoms with E-state index in [0.29, 0.717) is 34.5 Å². The molecule has 0 aromatic heterocycles. The summed E-state index contributed by atoms with van der Waals surface area (Å²) in [5, 5.41) is 0. The van der Waals surface area contributed by atoms with E-state index in [4.69, 9.17) is 32.9 Å². The minimum atomic E-state index is -0.547. The first kappa shape index (κ1) is 22.1. The molecule has 0 bridgehead atoms. The molecule has 0 aliphatic carbocycles. The van der Waals surface area contributed by atoms with Crippen LogP contribution in [-0.2, 0) is 9.53 Å². The Morgan fingerprint density at radius 2 is 1.66 bits per heavy atom. The van der Waals surface area contributed by atoms with E-state index in [2.05, 4.69) is 16.0 Å². The van der Waals surface area contributed by atoms with E-state index in [1.165, 1.54) is 7.11 Å². The highest BCUT2D eigenvalue weighted by molar-refractivity contribution is 7.10. The fourth-order valence-electron chi connectivity index (χ4n) is 4.30. The van der Waals surface area contributed by atoms with Gasteiger partial charge in [0, 0.05) is 23.5 Å². The highest BCUT2D eigenvalue weighted by atomic mass is 31.0. The van der Waals surface area contributed by atoms with Crippen LogP contribution in [0.25, 0.3) is 0 Å². The van der Waals surface area contributed by atoms with Crippen molar-refractivity contribution in [3.05, 3.63) is 48.0 Å². The first-order chi connectivity index (χ1) is 15.6. The molecular weight excluding hydrogens is 435 g/mol. The summed E-state index contributed by atoms with van der Waals surface area (Å²) in [4.78, 5) is 12.9. The van der Waals surface area contributed by atoms with Crippen molar-refractivity contribution in [1.82, 2.24) is 0 Å². The Bertz CT molecular complexity index is 1010. The molecule has 2 aliphatic rings. The standard InChI is InChI=1S/C23H25O8P/c1-5-12-10-28-23(24)21(12)20(13-6-18(25-2)22(27-4)19(7-13)26-3)14-8-16-17(30-11-29-16)9-15(14)31-32/h5-9,12,20-21H,1,10-11,32H2,2-4H3/t12-,20?,21?/m0/s1. The van der Waals surface area contributed by atoms with Gasteiger partial charge >= 0.3 is 5.97 Å². The van der Waals surface area contributed by atoms with Crippen LogP contribution >= 0.6 is 9.47 Å². The van der Waals surface area contributed by atoms with E-state index in [0.717, 1.165) is 11.1 Å². The molecule has 8 nitrogen and oxygen atoms in total. The van der Waals surface area contributed by atoms with Crippen LogP contribution in [0.15, 0.2) is 36.9 Å². The summed E-state index contributed by atoms with van der Waals surface area (Å²) in [5.74, 6) is 1.54. The van der Waals surface area contributed by atoms with E-state index >= 15 is 0 Å². The van der Waals surface area contributed by atoms with E-state index < -0.39 is 11.8 Å². The van der Waals surface area contributed by atoms with Crippen LogP contribution in [0.5, 0.6) is 34.5 Å². The summed E-state index contributed by atoms with van der Waals surface area (Å²) in [7, 11) is 6.88. The maximum absolute atomic E-state index is 12.9. The molecule has 170 valence electrons. The number of esters is 1. The van der Waals surface area contributed by atoms with Crippen molar-refractivity contribution in [3.63, 3.8) is 0 Å². The Balaban J connectivity index is 1.97. The van der Waals surface area contributed by atoms with Crippen LogP contribution in [0.1, 0.15) is 17.0 Å². The van der Waals surface area contributed by atoms with E-state index in [1.807, 2.05) is 18.2 Å². The third kappa shape index (κ3) is 3.69. The first-order valence-electron chi connectivity index (χ1n) is 9.95.